The van der Waals surface area contributed by atoms with Gasteiger partial charge in [0, 0.05) is 6.04 Å². The topological polar surface area (TPSA) is 25.2 Å². The second kappa shape index (κ2) is 4.05. The van der Waals surface area contributed by atoms with Crippen molar-refractivity contribution in [3.63, 3.8) is 0 Å². The molecule has 2 rings (SSSR count). The number of halogens is 1. The van der Waals surface area contributed by atoms with Crippen LogP contribution in [0.4, 0.5) is 5.69 Å². The van der Waals surface area contributed by atoms with Crippen LogP contribution >= 0.6 is 11.6 Å². The van der Waals surface area contributed by atoms with E-state index in [9.17, 15) is 0 Å². The summed E-state index contributed by atoms with van der Waals surface area (Å²) in [6.45, 7) is 0. The number of nitrogens with one attached hydrogen (secondary N) is 1. The molecule has 0 saturated heterocycles. The van der Waals surface area contributed by atoms with E-state index >= 15 is 0 Å². The lowest BCUT2D eigenvalue weighted by Crippen LogP contribution is -2.32. The molecule has 0 aliphatic heterocycles. The van der Waals surface area contributed by atoms with E-state index < -0.39 is 0 Å². The van der Waals surface area contributed by atoms with Crippen molar-refractivity contribution in [2.45, 2.75) is 37.1 Å². The highest BCUT2D eigenvalue weighted by Crippen LogP contribution is 2.25. The van der Waals surface area contributed by atoms with Crippen LogP contribution in [0.3, 0.4) is 0 Å². The Kier molecular flexibility index (Phi) is 2.79. The first-order chi connectivity index (χ1) is 6.36. The van der Waals surface area contributed by atoms with Crippen LogP contribution in [0.25, 0.3) is 0 Å². The molecule has 1 saturated carbocycles. The van der Waals surface area contributed by atoms with Crippen LogP contribution in [0.1, 0.15) is 25.7 Å². The van der Waals surface area contributed by atoms with Gasteiger partial charge in [-0.3, -0.25) is 0 Å². The van der Waals surface area contributed by atoms with Gasteiger partial charge in [-0.1, -0.05) is 12.8 Å². The second-order valence-corrected chi connectivity index (χ2v) is 4.12. The molecule has 2 atom stereocenters. The van der Waals surface area contributed by atoms with Crippen LogP contribution in [0.2, 0.25) is 0 Å². The summed E-state index contributed by atoms with van der Waals surface area (Å²) in [6, 6.07) is 2.34. The normalized spacial score (nSPS) is 28.7. The fourth-order valence-corrected chi connectivity index (χ4v) is 2.15. The molecule has 1 fully saturated rings. The van der Waals surface area contributed by atoms with Crippen LogP contribution in [0, 0.1) is 0 Å². The molecule has 2 nitrogen and oxygen atoms in total. The monoisotopic (exact) mass is 199 g/mol. The molecule has 0 aromatic carbocycles. The molecule has 13 heavy (non-hydrogen) atoms. The van der Waals surface area contributed by atoms with Gasteiger partial charge in [-0.25, -0.2) is 0 Å². The standard InChI is InChI=1S/C10H14ClNO/c11-9-3-1-2-4-10(9)12-8-5-6-13-7-8/h5-7,9-10,12H,1-4H2. The highest BCUT2D eigenvalue weighted by Gasteiger charge is 2.22. The van der Waals surface area contributed by atoms with Crippen molar-refractivity contribution in [1.29, 1.82) is 0 Å². The minimum atomic E-state index is 0.267. The molecule has 0 amide bonds. The quantitative estimate of drug-likeness (QED) is 0.740. The van der Waals surface area contributed by atoms with Crippen molar-refractivity contribution in [2.75, 3.05) is 5.32 Å². The summed E-state index contributed by atoms with van der Waals surface area (Å²) in [4.78, 5) is 0. The van der Waals surface area contributed by atoms with Gasteiger partial charge in [0.25, 0.3) is 0 Å². The predicted octanol–water partition coefficient (Wildman–Crippen LogP) is 3.24. The van der Waals surface area contributed by atoms with E-state index in [1.54, 1.807) is 12.5 Å². The van der Waals surface area contributed by atoms with Crippen LogP contribution in [0.15, 0.2) is 23.0 Å². The summed E-state index contributed by atoms with van der Waals surface area (Å²) >= 11 is 6.21. The van der Waals surface area contributed by atoms with Gasteiger partial charge in [0.15, 0.2) is 0 Å². The number of anilines is 1. The van der Waals surface area contributed by atoms with E-state index in [1.165, 1.54) is 19.3 Å². The Bertz CT molecular complexity index is 247. The summed E-state index contributed by atoms with van der Waals surface area (Å²) in [5, 5.41) is 3.65. The molecule has 2 unspecified atom stereocenters. The maximum atomic E-state index is 6.21. The molecular weight excluding hydrogens is 186 g/mol. The van der Waals surface area contributed by atoms with Crippen LogP contribution in [-0.4, -0.2) is 11.4 Å². The van der Waals surface area contributed by atoms with Crippen molar-refractivity contribution in [1.82, 2.24) is 0 Å². The van der Waals surface area contributed by atoms with Crippen molar-refractivity contribution in [3.8, 4) is 0 Å². The molecule has 0 spiro atoms. The Labute approximate surface area is 83.3 Å². The molecule has 1 aromatic rings. The van der Waals surface area contributed by atoms with Crippen molar-refractivity contribution in [3.05, 3.63) is 18.6 Å². The summed E-state index contributed by atoms with van der Waals surface area (Å²) in [7, 11) is 0. The van der Waals surface area contributed by atoms with E-state index in [2.05, 4.69) is 5.32 Å². The predicted molar refractivity (Wildman–Crippen MR) is 54.2 cm³/mol. The minimum absolute atomic E-state index is 0.267. The zero-order valence-electron chi connectivity index (χ0n) is 7.50. The average molecular weight is 200 g/mol. The molecule has 1 aromatic heterocycles. The van der Waals surface area contributed by atoms with E-state index in [0.717, 1.165) is 12.1 Å². The number of hydrogen-bond donors (Lipinski definition) is 1. The Morgan fingerprint density at radius 2 is 2.23 bits per heavy atom. The largest absolute Gasteiger partial charge is 0.470 e. The van der Waals surface area contributed by atoms with Gasteiger partial charge in [0.05, 0.1) is 17.3 Å². The number of alkyl halides is 1. The van der Waals surface area contributed by atoms with Gasteiger partial charge in [-0.2, -0.15) is 0 Å². The Balaban J connectivity index is 1.93. The first-order valence-electron chi connectivity index (χ1n) is 4.79. The highest BCUT2D eigenvalue weighted by atomic mass is 35.5. The van der Waals surface area contributed by atoms with Crippen molar-refractivity contribution < 1.29 is 4.42 Å². The number of rotatable bonds is 2. The summed E-state index contributed by atoms with van der Waals surface area (Å²) in [5.74, 6) is 0. The molecule has 0 bridgehead atoms. The fourth-order valence-electron chi connectivity index (χ4n) is 1.81. The highest BCUT2D eigenvalue weighted by molar-refractivity contribution is 6.21. The zero-order valence-corrected chi connectivity index (χ0v) is 8.26. The summed E-state index contributed by atoms with van der Waals surface area (Å²) < 4.78 is 4.99. The molecule has 1 heterocycles. The van der Waals surface area contributed by atoms with Crippen molar-refractivity contribution >= 4 is 17.3 Å². The van der Waals surface area contributed by atoms with Crippen LogP contribution in [-0.2, 0) is 0 Å². The SMILES string of the molecule is ClC1CCCCC1Nc1ccoc1. The number of hydrogen-bond acceptors (Lipinski definition) is 2. The third-order valence-corrected chi connectivity index (χ3v) is 3.08. The van der Waals surface area contributed by atoms with Gasteiger partial charge >= 0.3 is 0 Å². The molecule has 0 radical (unpaired) electrons. The van der Waals surface area contributed by atoms with E-state index in [-0.39, 0.29) is 5.38 Å². The first kappa shape index (κ1) is 8.95. The van der Waals surface area contributed by atoms with E-state index in [4.69, 9.17) is 16.0 Å². The molecule has 1 N–H and O–H groups in total. The molecule has 72 valence electrons. The Morgan fingerprint density at radius 3 is 2.92 bits per heavy atom. The van der Waals surface area contributed by atoms with Crippen LogP contribution in [0.5, 0.6) is 0 Å². The number of furan rings is 1. The molecule has 1 aliphatic rings. The van der Waals surface area contributed by atoms with E-state index in [0.29, 0.717) is 6.04 Å². The van der Waals surface area contributed by atoms with Gasteiger partial charge in [-0.15, -0.1) is 11.6 Å². The Hall–Kier alpha value is -0.630. The first-order valence-corrected chi connectivity index (χ1v) is 5.23. The summed E-state index contributed by atoms with van der Waals surface area (Å²) in [6.07, 6.45) is 8.22. The van der Waals surface area contributed by atoms with Gasteiger partial charge in [-0.05, 0) is 18.9 Å². The molecule has 1 aliphatic carbocycles. The maximum absolute atomic E-state index is 6.21. The smallest absolute Gasteiger partial charge is 0.113 e. The lowest BCUT2D eigenvalue weighted by Gasteiger charge is -2.27. The van der Waals surface area contributed by atoms with Crippen LogP contribution < -0.4 is 5.32 Å². The molecule has 3 heteroatoms. The lowest BCUT2D eigenvalue weighted by molar-refractivity contribution is 0.469. The minimum Gasteiger partial charge on any atom is -0.470 e. The maximum Gasteiger partial charge on any atom is 0.113 e. The zero-order chi connectivity index (χ0) is 9.10. The third-order valence-electron chi connectivity index (χ3n) is 2.55. The fraction of sp³-hybridized carbons (Fsp3) is 0.600. The lowest BCUT2D eigenvalue weighted by atomic mass is 9.95. The Morgan fingerprint density at radius 1 is 1.38 bits per heavy atom. The van der Waals surface area contributed by atoms with Gasteiger partial charge in [0.2, 0.25) is 0 Å². The summed E-state index contributed by atoms with van der Waals surface area (Å²) in [5.41, 5.74) is 1.04. The van der Waals surface area contributed by atoms with Gasteiger partial charge in [0.1, 0.15) is 6.26 Å². The second-order valence-electron chi connectivity index (χ2n) is 3.56. The van der Waals surface area contributed by atoms with Crippen molar-refractivity contribution in [2.24, 2.45) is 0 Å². The average Bonchev–Trinajstić information content (AvgIpc) is 2.61. The molecular formula is C10H14ClNO. The van der Waals surface area contributed by atoms with E-state index in [1.807, 2.05) is 6.07 Å². The third kappa shape index (κ3) is 2.19. The van der Waals surface area contributed by atoms with Gasteiger partial charge < -0.3 is 9.73 Å².